The molecule has 0 aliphatic rings. The van der Waals surface area contributed by atoms with Crippen molar-refractivity contribution in [1.29, 1.82) is 0 Å². The van der Waals surface area contributed by atoms with E-state index in [2.05, 4.69) is 5.32 Å². The van der Waals surface area contributed by atoms with Crippen LogP contribution in [0, 0.1) is 0 Å². The molecule has 10 nitrogen and oxygen atoms in total. The van der Waals surface area contributed by atoms with E-state index < -0.39 is 16.8 Å². The second-order valence-corrected chi connectivity index (χ2v) is 15.1. The average molecular weight is 643 g/mol. The van der Waals surface area contributed by atoms with Crippen molar-refractivity contribution >= 4 is 18.3 Å². The summed E-state index contributed by atoms with van der Waals surface area (Å²) in [6.45, 7) is 21.0. The highest BCUT2D eigenvalue weighted by Crippen LogP contribution is 2.15. The van der Waals surface area contributed by atoms with Crippen molar-refractivity contribution in [1.82, 2.24) is 15.1 Å². The van der Waals surface area contributed by atoms with Crippen molar-refractivity contribution in [3.63, 3.8) is 0 Å². The molecule has 3 N–H and O–H groups in total. The zero-order valence-corrected chi connectivity index (χ0v) is 30.6. The van der Waals surface area contributed by atoms with Gasteiger partial charge in [-0.3, -0.25) is 0 Å². The molecule has 0 aromatic heterocycles. The first kappa shape index (κ1) is 42.8. The third kappa shape index (κ3) is 27.8. The molecule has 0 aromatic carbocycles. The SMILES string of the molecule is CC(C)(C)OC(=O)NCCCCCCN(CCCCCCCCN(CCCCCCN)C(=O)OC(C)(C)C)C(=O)OC(C)(C)C. The standard InChI is InChI=1S/C35H70N4O6/c1-33(2,3)43-30(40)37-25-19-13-17-23-29-39(32(42)45-35(7,8)9)27-21-15-11-10-14-20-26-38(28-22-16-12-18-24-36)31(41)44-34(4,5)6/h10-29,36H2,1-9H3,(H,37,40). The van der Waals surface area contributed by atoms with Gasteiger partial charge in [0.1, 0.15) is 16.8 Å². The van der Waals surface area contributed by atoms with Gasteiger partial charge in [-0.15, -0.1) is 0 Å². The van der Waals surface area contributed by atoms with Gasteiger partial charge in [0.25, 0.3) is 0 Å². The molecule has 0 spiro atoms. The molecule has 0 bridgehead atoms. The summed E-state index contributed by atoms with van der Waals surface area (Å²) in [6, 6.07) is 0. The van der Waals surface area contributed by atoms with E-state index >= 15 is 0 Å². The van der Waals surface area contributed by atoms with E-state index in [1.54, 1.807) is 0 Å². The second-order valence-electron chi connectivity index (χ2n) is 15.1. The molecule has 0 aliphatic heterocycles. The summed E-state index contributed by atoms with van der Waals surface area (Å²) in [5.41, 5.74) is 4.08. The first-order chi connectivity index (χ1) is 20.9. The van der Waals surface area contributed by atoms with Gasteiger partial charge in [-0.1, -0.05) is 51.4 Å². The molecule has 0 aliphatic carbocycles. The topological polar surface area (TPSA) is 123 Å². The molecule has 0 aromatic rings. The molecule has 3 amide bonds. The lowest BCUT2D eigenvalue weighted by Gasteiger charge is -2.28. The smallest absolute Gasteiger partial charge is 0.410 e. The molecule has 0 atom stereocenters. The van der Waals surface area contributed by atoms with Crippen LogP contribution < -0.4 is 11.1 Å². The Kier molecular flexibility index (Phi) is 22.0. The molecule has 45 heavy (non-hydrogen) atoms. The van der Waals surface area contributed by atoms with Gasteiger partial charge in [-0.2, -0.15) is 0 Å². The minimum atomic E-state index is -0.527. The minimum absolute atomic E-state index is 0.221. The van der Waals surface area contributed by atoms with E-state index in [1.807, 2.05) is 72.1 Å². The minimum Gasteiger partial charge on any atom is -0.444 e. The Labute approximate surface area is 275 Å². The van der Waals surface area contributed by atoms with Crippen LogP contribution in [0.25, 0.3) is 0 Å². The second kappa shape index (κ2) is 23.1. The van der Waals surface area contributed by atoms with Crippen molar-refractivity contribution < 1.29 is 28.6 Å². The Bertz CT molecular complexity index is 801. The molecule has 10 heteroatoms. The van der Waals surface area contributed by atoms with E-state index in [9.17, 15) is 14.4 Å². The highest BCUT2D eigenvalue weighted by atomic mass is 16.6. The Hall–Kier alpha value is -2.23. The lowest BCUT2D eigenvalue weighted by atomic mass is 10.1. The number of carbonyl (C=O) groups excluding carboxylic acids is 3. The van der Waals surface area contributed by atoms with Crippen LogP contribution in [0.3, 0.4) is 0 Å². The third-order valence-corrected chi connectivity index (χ3v) is 6.81. The molecule has 0 unspecified atom stereocenters. The number of ether oxygens (including phenoxy) is 3. The predicted octanol–water partition coefficient (Wildman–Crippen LogP) is 8.41. The lowest BCUT2D eigenvalue weighted by molar-refractivity contribution is 0.0231. The number of hydrogen-bond donors (Lipinski definition) is 2. The molecule has 0 saturated carbocycles. The Balaban J connectivity index is 4.44. The van der Waals surface area contributed by atoms with Crippen molar-refractivity contribution in [3.05, 3.63) is 0 Å². The van der Waals surface area contributed by atoms with Gasteiger partial charge >= 0.3 is 18.3 Å². The number of amides is 3. The highest BCUT2D eigenvalue weighted by molar-refractivity contribution is 5.68. The van der Waals surface area contributed by atoms with Gasteiger partial charge in [0.2, 0.25) is 0 Å². The molecule has 0 heterocycles. The van der Waals surface area contributed by atoms with Crippen LogP contribution in [0.1, 0.15) is 152 Å². The number of nitrogens with one attached hydrogen (secondary N) is 1. The number of carbonyl (C=O) groups is 3. The lowest BCUT2D eigenvalue weighted by Crippen LogP contribution is -2.38. The number of rotatable bonds is 22. The summed E-state index contributed by atoms with van der Waals surface area (Å²) in [5, 5.41) is 2.80. The van der Waals surface area contributed by atoms with Crippen LogP contribution in [0.4, 0.5) is 14.4 Å². The zero-order chi connectivity index (χ0) is 34.4. The quantitative estimate of drug-likeness (QED) is 0.0898. The first-order valence-electron chi connectivity index (χ1n) is 17.6. The largest absolute Gasteiger partial charge is 0.444 e. The summed E-state index contributed by atoms with van der Waals surface area (Å²) in [7, 11) is 0. The van der Waals surface area contributed by atoms with Crippen LogP contribution >= 0.6 is 0 Å². The maximum Gasteiger partial charge on any atom is 0.410 e. The molecule has 0 radical (unpaired) electrons. The van der Waals surface area contributed by atoms with Gasteiger partial charge in [0, 0.05) is 32.7 Å². The third-order valence-electron chi connectivity index (χ3n) is 6.81. The van der Waals surface area contributed by atoms with Crippen LogP contribution in [0.2, 0.25) is 0 Å². The zero-order valence-electron chi connectivity index (χ0n) is 30.6. The number of unbranched alkanes of at least 4 members (excludes halogenated alkanes) is 11. The fourth-order valence-electron chi connectivity index (χ4n) is 4.64. The Morgan fingerprint density at radius 2 is 0.800 bits per heavy atom. The van der Waals surface area contributed by atoms with Gasteiger partial charge < -0.3 is 35.1 Å². The molecule has 266 valence electrons. The van der Waals surface area contributed by atoms with E-state index in [0.717, 1.165) is 103 Å². The summed E-state index contributed by atoms with van der Waals surface area (Å²) < 4.78 is 16.6. The predicted molar refractivity (Wildman–Crippen MR) is 184 cm³/mol. The normalized spacial score (nSPS) is 12.0. The van der Waals surface area contributed by atoms with Crippen molar-refractivity contribution in [2.75, 3.05) is 39.3 Å². The number of alkyl carbamates (subject to hydrolysis) is 1. The first-order valence-corrected chi connectivity index (χ1v) is 17.6. The van der Waals surface area contributed by atoms with Crippen molar-refractivity contribution in [2.24, 2.45) is 5.73 Å². The van der Waals surface area contributed by atoms with Crippen LogP contribution in [0.5, 0.6) is 0 Å². The van der Waals surface area contributed by atoms with E-state index in [0.29, 0.717) is 26.2 Å². The highest BCUT2D eigenvalue weighted by Gasteiger charge is 2.23. The van der Waals surface area contributed by atoms with E-state index in [-0.39, 0.29) is 18.3 Å². The number of hydrogen-bond acceptors (Lipinski definition) is 7. The fourth-order valence-corrected chi connectivity index (χ4v) is 4.64. The van der Waals surface area contributed by atoms with Crippen LogP contribution in [-0.2, 0) is 14.2 Å². The molecular formula is C35H70N4O6. The van der Waals surface area contributed by atoms with Crippen LogP contribution in [0.15, 0.2) is 0 Å². The summed E-state index contributed by atoms with van der Waals surface area (Å²) in [5.74, 6) is 0. The molecule has 0 fully saturated rings. The van der Waals surface area contributed by atoms with E-state index in [1.165, 1.54) is 0 Å². The van der Waals surface area contributed by atoms with Gasteiger partial charge in [-0.05, 0) is 107 Å². The summed E-state index contributed by atoms with van der Waals surface area (Å²) in [6.07, 6.45) is 13.2. The monoisotopic (exact) mass is 643 g/mol. The maximum atomic E-state index is 12.8. The Morgan fingerprint density at radius 1 is 0.489 bits per heavy atom. The molecule has 0 saturated heterocycles. The fraction of sp³-hybridized carbons (Fsp3) is 0.914. The van der Waals surface area contributed by atoms with Gasteiger partial charge in [-0.25, -0.2) is 14.4 Å². The van der Waals surface area contributed by atoms with Crippen molar-refractivity contribution in [2.45, 2.75) is 169 Å². The van der Waals surface area contributed by atoms with Crippen LogP contribution in [-0.4, -0.2) is 84.2 Å². The average Bonchev–Trinajstić information content (AvgIpc) is 2.88. The number of nitrogens with zero attached hydrogens (tertiary/aromatic N) is 2. The summed E-state index contributed by atoms with van der Waals surface area (Å²) >= 11 is 0. The van der Waals surface area contributed by atoms with E-state index in [4.69, 9.17) is 19.9 Å². The summed E-state index contributed by atoms with van der Waals surface area (Å²) in [4.78, 5) is 41.0. The molecular weight excluding hydrogens is 572 g/mol. The number of nitrogens with two attached hydrogens (primary N) is 1. The Morgan fingerprint density at radius 3 is 1.13 bits per heavy atom. The van der Waals surface area contributed by atoms with Crippen molar-refractivity contribution in [3.8, 4) is 0 Å². The van der Waals surface area contributed by atoms with Gasteiger partial charge in [0.05, 0.1) is 0 Å². The maximum absolute atomic E-state index is 12.8. The van der Waals surface area contributed by atoms with Gasteiger partial charge in [0.15, 0.2) is 0 Å². The molecule has 0 rings (SSSR count).